The van der Waals surface area contributed by atoms with Gasteiger partial charge in [-0.1, -0.05) is 54.6 Å². The number of hydrogen-bond donors (Lipinski definition) is 3. The van der Waals surface area contributed by atoms with Crippen molar-refractivity contribution in [3.63, 3.8) is 0 Å². The van der Waals surface area contributed by atoms with E-state index in [0.717, 1.165) is 11.6 Å². The summed E-state index contributed by atoms with van der Waals surface area (Å²) >= 11 is 0. The lowest BCUT2D eigenvalue weighted by Gasteiger charge is -2.11. The highest BCUT2D eigenvalue weighted by Gasteiger charge is 2.18. The number of hydrogen-bond acceptors (Lipinski definition) is 4. The summed E-state index contributed by atoms with van der Waals surface area (Å²) < 4.78 is 43.1. The zero-order valence-electron chi connectivity index (χ0n) is 20.8. The number of amides is 1. The van der Waals surface area contributed by atoms with Crippen LogP contribution < -0.4 is 10.6 Å². The fourth-order valence-electron chi connectivity index (χ4n) is 3.90. The molecule has 1 heterocycles. The lowest BCUT2D eigenvalue weighted by molar-refractivity contribution is -0.115. The van der Waals surface area contributed by atoms with E-state index in [0.29, 0.717) is 36.7 Å². The first-order valence-corrected chi connectivity index (χ1v) is 11.9. The van der Waals surface area contributed by atoms with E-state index in [9.17, 15) is 23.1 Å². The number of imidazole rings is 1. The van der Waals surface area contributed by atoms with Crippen LogP contribution in [-0.4, -0.2) is 33.7 Å². The third-order valence-electron chi connectivity index (χ3n) is 5.82. The average molecular weight is 581 g/mol. The summed E-state index contributed by atoms with van der Waals surface area (Å²) in [5.74, 6) is -4.04. The van der Waals surface area contributed by atoms with Crippen LogP contribution >= 0.6 is 24.8 Å². The van der Waals surface area contributed by atoms with Gasteiger partial charge in [0.1, 0.15) is 5.82 Å². The quantitative estimate of drug-likeness (QED) is 0.167. The third kappa shape index (κ3) is 8.83. The molecule has 11 heteroatoms. The molecule has 39 heavy (non-hydrogen) atoms. The average Bonchev–Trinajstić information content (AvgIpc) is 3.28. The molecule has 6 nitrogen and oxygen atoms in total. The Morgan fingerprint density at radius 3 is 2.28 bits per heavy atom. The molecule has 0 aliphatic carbocycles. The molecule has 0 fully saturated rings. The molecule has 4 rings (SSSR count). The van der Waals surface area contributed by atoms with Gasteiger partial charge in [0, 0.05) is 37.0 Å². The molecule has 0 saturated heterocycles. The molecule has 0 saturated carbocycles. The van der Waals surface area contributed by atoms with Crippen molar-refractivity contribution in [3.8, 4) is 0 Å². The van der Waals surface area contributed by atoms with Gasteiger partial charge in [-0.05, 0) is 23.8 Å². The molecule has 0 aliphatic heterocycles. The number of carbonyl (C=O) groups excluding carboxylic acids is 1. The van der Waals surface area contributed by atoms with E-state index in [1.807, 2.05) is 36.4 Å². The summed E-state index contributed by atoms with van der Waals surface area (Å²) in [7, 11) is 0. The van der Waals surface area contributed by atoms with Crippen LogP contribution in [0.2, 0.25) is 0 Å². The van der Waals surface area contributed by atoms with E-state index >= 15 is 0 Å². The molecule has 3 N–H and O–H groups in total. The van der Waals surface area contributed by atoms with Crippen molar-refractivity contribution < 1.29 is 23.1 Å². The Bertz CT molecular complexity index is 1340. The van der Waals surface area contributed by atoms with Crippen LogP contribution in [0.25, 0.3) is 0 Å². The predicted molar refractivity (Wildman–Crippen MR) is 149 cm³/mol. The molecular formula is C28H29Cl2F3N4O2. The number of para-hydroxylation sites is 1. The predicted octanol–water partition coefficient (Wildman–Crippen LogP) is 5.24. The van der Waals surface area contributed by atoms with Crippen LogP contribution in [-0.2, 0) is 24.2 Å². The SMILES string of the molecule is Cl.Cl.O=C(Cc1nc(CCNC[C@H](O)c2ccccc2)cn1Cc1ccc(F)c(F)c1F)Nc1ccccc1. The van der Waals surface area contributed by atoms with Crippen LogP contribution in [0.4, 0.5) is 18.9 Å². The van der Waals surface area contributed by atoms with Crippen LogP contribution in [0, 0.1) is 17.5 Å². The summed E-state index contributed by atoms with van der Waals surface area (Å²) in [5, 5.41) is 16.3. The van der Waals surface area contributed by atoms with Crippen molar-refractivity contribution in [2.75, 3.05) is 18.4 Å². The largest absolute Gasteiger partial charge is 0.387 e. The molecular weight excluding hydrogens is 552 g/mol. The monoisotopic (exact) mass is 580 g/mol. The lowest BCUT2D eigenvalue weighted by Crippen LogP contribution is -2.23. The Labute approximate surface area is 237 Å². The first-order valence-electron chi connectivity index (χ1n) is 11.9. The summed E-state index contributed by atoms with van der Waals surface area (Å²) in [6.07, 6.45) is 1.39. The number of rotatable bonds is 11. The second-order valence-electron chi connectivity index (χ2n) is 8.58. The van der Waals surface area contributed by atoms with Crippen molar-refractivity contribution in [1.82, 2.24) is 14.9 Å². The second kappa shape index (κ2) is 15.3. The molecule has 3 aromatic carbocycles. The normalized spacial score (nSPS) is 11.3. The number of carbonyl (C=O) groups is 1. The van der Waals surface area contributed by atoms with Crippen molar-refractivity contribution >= 4 is 36.4 Å². The van der Waals surface area contributed by atoms with Crippen molar-refractivity contribution in [1.29, 1.82) is 0 Å². The van der Waals surface area contributed by atoms with Crippen molar-refractivity contribution in [3.05, 3.63) is 119 Å². The molecule has 208 valence electrons. The fourth-order valence-corrected chi connectivity index (χ4v) is 3.90. The van der Waals surface area contributed by atoms with Gasteiger partial charge in [-0.15, -0.1) is 24.8 Å². The minimum atomic E-state index is -1.54. The summed E-state index contributed by atoms with van der Waals surface area (Å²) in [4.78, 5) is 17.2. The van der Waals surface area contributed by atoms with Crippen molar-refractivity contribution in [2.45, 2.75) is 25.5 Å². The van der Waals surface area contributed by atoms with Gasteiger partial charge in [-0.25, -0.2) is 18.2 Å². The van der Waals surface area contributed by atoms with Crippen LogP contribution in [0.3, 0.4) is 0 Å². The minimum Gasteiger partial charge on any atom is -0.387 e. The number of anilines is 1. The highest BCUT2D eigenvalue weighted by Crippen LogP contribution is 2.18. The van der Waals surface area contributed by atoms with Gasteiger partial charge >= 0.3 is 0 Å². The smallest absolute Gasteiger partial charge is 0.231 e. The molecule has 0 unspecified atom stereocenters. The van der Waals surface area contributed by atoms with Gasteiger partial charge in [0.15, 0.2) is 17.5 Å². The summed E-state index contributed by atoms with van der Waals surface area (Å²) in [5.41, 5.74) is 2.00. The van der Waals surface area contributed by atoms with Gasteiger partial charge < -0.3 is 20.3 Å². The molecule has 0 bridgehead atoms. The Morgan fingerprint density at radius 1 is 0.923 bits per heavy atom. The first-order chi connectivity index (χ1) is 17.9. The van der Waals surface area contributed by atoms with Gasteiger partial charge in [0.2, 0.25) is 5.91 Å². The van der Waals surface area contributed by atoms with Crippen LogP contribution in [0.5, 0.6) is 0 Å². The van der Waals surface area contributed by atoms with E-state index in [1.165, 1.54) is 6.07 Å². The first kappa shape index (κ1) is 31.8. The van der Waals surface area contributed by atoms with E-state index in [4.69, 9.17) is 0 Å². The number of benzene rings is 3. The molecule has 0 radical (unpaired) electrons. The number of halogens is 5. The summed E-state index contributed by atoms with van der Waals surface area (Å²) in [6, 6.07) is 20.3. The topological polar surface area (TPSA) is 79.2 Å². The Kier molecular flexibility index (Phi) is 12.5. The van der Waals surface area contributed by atoms with E-state index < -0.39 is 23.6 Å². The number of nitrogens with one attached hydrogen (secondary N) is 2. The van der Waals surface area contributed by atoms with Gasteiger partial charge in [0.05, 0.1) is 24.8 Å². The van der Waals surface area contributed by atoms with E-state index in [-0.39, 0.29) is 49.3 Å². The van der Waals surface area contributed by atoms with E-state index in [1.54, 1.807) is 35.0 Å². The fraction of sp³-hybridized carbons (Fsp3) is 0.214. The van der Waals surface area contributed by atoms with Crippen LogP contribution in [0.1, 0.15) is 28.7 Å². The molecule has 1 aromatic heterocycles. The molecule has 1 amide bonds. The molecule has 0 spiro atoms. The zero-order valence-corrected chi connectivity index (χ0v) is 22.5. The van der Waals surface area contributed by atoms with Gasteiger partial charge in [-0.3, -0.25) is 4.79 Å². The number of nitrogens with zero attached hydrogens (tertiary/aromatic N) is 2. The van der Waals surface area contributed by atoms with Crippen LogP contribution in [0.15, 0.2) is 79.0 Å². The summed E-state index contributed by atoms with van der Waals surface area (Å²) in [6.45, 7) is 0.720. The van der Waals surface area contributed by atoms with Gasteiger partial charge in [-0.2, -0.15) is 0 Å². The van der Waals surface area contributed by atoms with E-state index in [2.05, 4.69) is 15.6 Å². The number of aromatic nitrogens is 2. The standard InChI is InChI=1S/C28H27F3N4O2.2ClH/c29-23-12-11-20(27(30)28(23)31)17-35-18-22(13-14-32-16-24(36)19-7-3-1-4-8-19)33-25(35)15-26(37)34-21-9-5-2-6-10-21;;/h1-12,18,24,32,36H,13-17H2,(H,34,37);2*1H/t24-;;/m0../s1. The number of aliphatic hydroxyl groups excluding tert-OH is 1. The maximum Gasteiger partial charge on any atom is 0.231 e. The maximum absolute atomic E-state index is 14.3. The minimum absolute atomic E-state index is 0. The zero-order chi connectivity index (χ0) is 26.2. The third-order valence-corrected chi connectivity index (χ3v) is 5.82. The number of aliphatic hydroxyl groups is 1. The highest BCUT2D eigenvalue weighted by atomic mass is 35.5. The Hall–Kier alpha value is -3.37. The van der Waals surface area contributed by atoms with Gasteiger partial charge in [0.25, 0.3) is 0 Å². The maximum atomic E-state index is 14.3. The Morgan fingerprint density at radius 2 is 1.59 bits per heavy atom. The highest BCUT2D eigenvalue weighted by molar-refractivity contribution is 5.91. The molecule has 1 atom stereocenters. The molecule has 0 aliphatic rings. The van der Waals surface area contributed by atoms with Crippen molar-refractivity contribution in [2.24, 2.45) is 0 Å². The lowest BCUT2D eigenvalue weighted by atomic mass is 10.1. The molecule has 4 aromatic rings. The second-order valence-corrected chi connectivity index (χ2v) is 8.58. The Balaban J connectivity index is 0.00000267.